The SMILES string of the molecule is COc1cc2c(cc1CNC(=O)C1CC=CC1)OCCO2. The first-order chi connectivity index (χ1) is 10.3. The maximum Gasteiger partial charge on any atom is 0.224 e. The van der Waals surface area contributed by atoms with E-state index in [9.17, 15) is 4.79 Å². The van der Waals surface area contributed by atoms with Gasteiger partial charge in [0.1, 0.15) is 19.0 Å². The van der Waals surface area contributed by atoms with Gasteiger partial charge in [0.05, 0.1) is 7.11 Å². The number of carbonyl (C=O) groups excluding carboxylic acids is 1. The van der Waals surface area contributed by atoms with Crippen molar-refractivity contribution in [1.29, 1.82) is 0 Å². The molecule has 0 radical (unpaired) electrons. The molecule has 1 aromatic rings. The summed E-state index contributed by atoms with van der Waals surface area (Å²) in [6, 6.07) is 3.69. The topological polar surface area (TPSA) is 56.8 Å². The van der Waals surface area contributed by atoms with Gasteiger partial charge in [0.2, 0.25) is 5.91 Å². The average Bonchev–Trinajstić information content (AvgIpc) is 3.06. The van der Waals surface area contributed by atoms with Crippen molar-refractivity contribution in [3.8, 4) is 17.2 Å². The third-order valence-corrected chi connectivity index (χ3v) is 3.78. The molecule has 3 rings (SSSR count). The van der Waals surface area contributed by atoms with Gasteiger partial charge in [-0.25, -0.2) is 0 Å². The summed E-state index contributed by atoms with van der Waals surface area (Å²) in [5.74, 6) is 2.23. The summed E-state index contributed by atoms with van der Waals surface area (Å²) in [6.07, 6.45) is 5.75. The van der Waals surface area contributed by atoms with E-state index in [1.807, 2.05) is 12.1 Å². The lowest BCUT2D eigenvalue weighted by atomic mass is 10.1. The minimum atomic E-state index is 0.0632. The van der Waals surface area contributed by atoms with Crippen LogP contribution in [0.5, 0.6) is 17.2 Å². The van der Waals surface area contributed by atoms with Gasteiger partial charge in [-0.1, -0.05) is 12.2 Å². The van der Waals surface area contributed by atoms with Crippen LogP contribution >= 0.6 is 0 Å². The number of fused-ring (bicyclic) bond motifs is 1. The number of methoxy groups -OCH3 is 1. The van der Waals surface area contributed by atoms with E-state index in [4.69, 9.17) is 14.2 Å². The second-order valence-corrected chi connectivity index (χ2v) is 5.17. The molecule has 0 atom stereocenters. The van der Waals surface area contributed by atoms with Crippen LogP contribution in [0, 0.1) is 5.92 Å². The molecular weight excluding hydrogens is 270 g/mol. The molecule has 0 fully saturated rings. The number of nitrogens with one attached hydrogen (secondary N) is 1. The number of hydrogen-bond donors (Lipinski definition) is 1. The number of ether oxygens (including phenoxy) is 3. The number of carbonyl (C=O) groups is 1. The molecule has 1 aromatic carbocycles. The largest absolute Gasteiger partial charge is 0.496 e. The molecular formula is C16H19NO4. The zero-order valence-corrected chi connectivity index (χ0v) is 12.1. The Labute approximate surface area is 123 Å². The summed E-state index contributed by atoms with van der Waals surface area (Å²) in [5, 5.41) is 2.97. The average molecular weight is 289 g/mol. The molecule has 0 saturated carbocycles. The molecule has 5 nitrogen and oxygen atoms in total. The van der Waals surface area contributed by atoms with E-state index in [1.54, 1.807) is 7.11 Å². The lowest BCUT2D eigenvalue weighted by molar-refractivity contribution is -0.124. The van der Waals surface area contributed by atoms with E-state index in [0.717, 1.165) is 18.4 Å². The normalized spacial score (nSPS) is 16.8. The second-order valence-electron chi connectivity index (χ2n) is 5.17. The van der Waals surface area contributed by atoms with Gasteiger partial charge in [0.15, 0.2) is 11.5 Å². The van der Waals surface area contributed by atoms with Gasteiger partial charge >= 0.3 is 0 Å². The lowest BCUT2D eigenvalue weighted by Crippen LogP contribution is -2.29. The smallest absolute Gasteiger partial charge is 0.224 e. The Morgan fingerprint density at radius 2 is 1.90 bits per heavy atom. The van der Waals surface area contributed by atoms with Crippen LogP contribution in [0.4, 0.5) is 0 Å². The van der Waals surface area contributed by atoms with Gasteiger partial charge in [-0.05, 0) is 18.9 Å². The molecule has 1 heterocycles. The molecule has 0 unspecified atom stereocenters. The monoisotopic (exact) mass is 289 g/mol. The third-order valence-electron chi connectivity index (χ3n) is 3.78. The fraction of sp³-hybridized carbons (Fsp3) is 0.438. The molecule has 5 heteroatoms. The van der Waals surface area contributed by atoms with Crippen LogP contribution in [0.15, 0.2) is 24.3 Å². The molecule has 112 valence electrons. The Bertz CT molecular complexity index is 560. The molecule has 0 saturated heterocycles. The van der Waals surface area contributed by atoms with Crippen LogP contribution in [-0.2, 0) is 11.3 Å². The van der Waals surface area contributed by atoms with Crippen LogP contribution in [-0.4, -0.2) is 26.2 Å². The van der Waals surface area contributed by atoms with Crippen molar-refractivity contribution in [2.45, 2.75) is 19.4 Å². The maximum absolute atomic E-state index is 12.1. The van der Waals surface area contributed by atoms with E-state index in [1.165, 1.54) is 0 Å². The molecule has 1 N–H and O–H groups in total. The second kappa shape index (κ2) is 6.08. The fourth-order valence-electron chi connectivity index (χ4n) is 2.60. The highest BCUT2D eigenvalue weighted by Gasteiger charge is 2.20. The standard InChI is InChI=1S/C16H19NO4/c1-19-13-9-15-14(20-6-7-21-15)8-12(13)10-17-16(18)11-4-2-3-5-11/h2-3,8-9,11H,4-7,10H2,1H3,(H,17,18). The first kappa shape index (κ1) is 13.8. The van der Waals surface area contributed by atoms with E-state index in [0.29, 0.717) is 37.0 Å². The van der Waals surface area contributed by atoms with Crippen molar-refractivity contribution in [2.24, 2.45) is 5.92 Å². The zero-order chi connectivity index (χ0) is 14.7. The highest BCUT2D eigenvalue weighted by molar-refractivity contribution is 5.79. The summed E-state index contributed by atoms with van der Waals surface area (Å²) in [7, 11) is 1.61. The van der Waals surface area contributed by atoms with E-state index >= 15 is 0 Å². The molecule has 0 aromatic heterocycles. The van der Waals surface area contributed by atoms with Crippen LogP contribution in [0.2, 0.25) is 0 Å². The van der Waals surface area contributed by atoms with Crippen LogP contribution in [0.25, 0.3) is 0 Å². The number of hydrogen-bond acceptors (Lipinski definition) is 4. The van der Waals surface area contributed by atoms with Crippen LogP contribution in [0.3, 0.4) is 0 Å². The predicted octanol–water partition coefficient (Wildman–Crippen LogP) is 2.05. The lowest BCUT2D eigenvalue weighted by Gasteiger charge is -2.21. The third kappa shape index (κ3) is 2.96. The Balaban J connectivity index is 1.70. The van der Waals surface area contributed by atoms with E-state index in [2.05, 4.69) is 17.5 Å². The van der Waals surface area contributed by atoms with Gasteiger partial charge in [-0.3, -0.25) is 4.79 Å². The summed E-state index contributed by atoms with van der Waals surface area (Å²) in [6.45, 7) is 1.51. The molecule has 0 spiro atoms. The quantitative estimate of drug-likeness (QED) is 0.862. The van der Waals surface area contributed by atoms with Crippen LogP contribution in [0.1, 0.15) is 18.4 Å². The molecule has 21 heavy (non-hydrogen) atoms. The number of benzene rings is 1. The zero-order valence-electron chi connectivity index (χ0n) is 12.1. The van der Waals surface area contributed by atoms with Gasteiger partial charge in [-0.2, -0.15) is 0 Å². The Kier molecular flexibility index (Phi) is 3.99. The van der Waals surface area contributed by atoms with Gasteiger partial charge < -0.3 is 19.5 Å². The first-order valence-corrected chi connectivity index (χ1v) is 7.17. The van der Waals surface area contributed by atoms with Crippen molar-refractivity contribution in [3.05, 3.63) is 29.8 Å². The summed E-state index contributed by atoms with van der Waals surface area (Å²) in [5.41, 5.74) is 0.890. The highest BCUT2D eigenvalue weighted by Crippen LogP contribution is 2.36. The summed E-state index contributed by atoms with van der Waals surface area (Å²) < 4.78 is 16.5. The summed E-state index contributed by atoms with van der Waals surface area (Å²) >= 11 is 0. The van der Waals surface area contributed by atoms with Crippen molar-refractivity contribution < 1.29 is 19.0 Å². The van der Waals surface area contributed by atoms with Gasteiger partial charge in [0, 0.05) is 24.1 Å². The Morgan fingerprint density at radius 3 is 2.57 bits per heavy atom. The molecule has 0 bridgehead atoms. The number of amides is 1. The Morgan fingerprint density at radius 1 is 1.24 bits per heavy atom. The van der Waals surface area contributed by atoms with Crippen LogP contribution < -0.4 is 19.5 Å². The Hall–Kier alpha value is -2.17. The fourth-order valence-corrected chi connectivity index (χ4v) is 2.60. The minimum Gasteiger partial charge on any atom is -0.496 e. The number of allylic oxidation sites excluding steroid dienone is 2. The summed E-state index contributed by atoms with van der Waals surface area (Å²) in [4.78, 5) is 12.1. The predicted molar refractivity (Wildman–Crippen MR) is 77.7 cm³/mol. The maximum atomic E-state index is 12.1. The molecule has 1 amide bonds. The van der Waals surface area contributed by atoms with E-state index < -0.39 is 0 Å². The van der Waals surface area contributed by atoms with E-state index in [-0.39, 0.29) is 11.8 Å². The van der Waals surface area contributed by atoms with Gasteiger partial charge in [0.25, 0.3) is 0 Å². The minimum absolute atomic E-state index is 0.0632. The molecule has 1 aliphatic carbocycles. The molecule has 2 aliphatic rings. The molecule has 1 aliphatic heterocycles. The van der Waals surface area contributed by atoms with Crippen molar-refractivity contribution in [3.63, 3.8) is 0 Å². The van der Waals surface area contributed by atoms with Crippen molar-refractivity contribution in [1.82, 2.24) is 5.32 Å². The number of rotatable bonds is 4. The van der Waals surface area contributed by atoms with Gasteiger partial charge in [-0.15, -0.1) is 0 Å². The van der Waals surface area contributed by atoms with Crippen molar-refractivity contribution >= 4 is 5.91 Å². The highest BCUT2D eigenvalue weighted by atomic mass is 16.6. The van der Waals surface area contributed by atoms with Crippen molar-refractivity contribution in [2.75, 3.05) is 20.3 Å². The first-order valence-electron chi connectivity index (χ1n) is 7.17.